The molecular formula is C22H26N4O2. The van der Waals surface area contributed by atoms with E-state index in [0.29, 0.717) is 18.9 Å². The Kier molecular flexibility index (Phi) is 5.67. The van der Waals surface area contributed by atoms with Crippen molar-refractivity contribution in [2.45, 2.75) is 44.7 Å². The molecule has 0 aliphatic carbocycles. The van der Waals surface area contributed by atoms with Gasteiger partial charge in [-0.2, -0.15) is 0 Å². The first kappa shape index (κ1) is 18.6. The number of benzene rings is 1. The van der Waals surface area contributed by atoms with Crippen molar-refractivity contribution in [1.82, 2.24) is 19.4 Å². The summed E-state index contributed by atoms with van der Waals surface area (Å²) in [6.07, 6.45) is 5.37. The lowest BCUT2D eigenvalue weighted by molar-refractivity contribution is -0.137. The Morgan fingerprint density at radius 3 is 2.64 bits per heavy atom. The van der Waals surface area contributed by atoms with Gasteiger partial charge in [0.25, 0.3) is 0 Å². The molecule has 4 rings (SSSR count). The summed E-state index contributed by atoms with van der Waals surface area (Å²) in [5, 5.41) is 8.95. The largest absolute Gasteiger partial charge is 0.481 e. The van der Waals surface area contributed by atoms with Crippen LogP contribution in [-0.4, -0.2) is 43.6 Å². The summed E-state index contributed by atoms with van der Waals surface area (Å²) in [6.45, 7) is 3.07. The van der Waals surface area contributed by atoms with Crippen LogP contribution in [0.15, 0.2) is 48.7 Å². The average molecular weight is 378 g/mol. The Hall–Kier alpha value is -2.73. The number of hydrogen-bond donors (Lipinski definition) is 1. The van der Waals surface area contributed by atoms with Crippen LogP contribution in [-0.2, 0) is 17.8 Å². The number of fused-ring (bicyclic) bond motifs is 1. The second kappa shape index (κ2) is 8.52. The standard InChI is InChI=1S/C22H26N4O2/c27-21(28)10-4-9-20-24-19-8-5-13-23-22(19)26(20)18-11-14-25(15-12-18)16-17-6-2-1-3-7-17/h1-3,5-8,13,18H,4,9-12,14-16H2,(H,27,28). The van der Waals surface area contributed by atoms with Crippen molar-refractivity contribution in [2.75, 3.05) is 13.1 Å². The minimum absolute atomic E-state index is 0.173. The lowest BCUT2D eigenvalue weighted by atomic mass is 10.0. The highest BCUT2D eigenvalue weighted by Crippen LogP contribution is 2.29. The molecule has 146 valence electrons. The van der Waals surface area contributed by atoms with Gasteiger partial charge in [-0.1, -0.05) is 30.3 Å². The van der Waals surface area contributed by atoms with Crippen LogP contribution >= 0.6 is 0 Å². The molecule has 1 fully saturated rings. The molecule has 1 aliphatic heterocycles. The zero-order valence-corrected chi connectivity index (χ0v) is 16.0. The molecule has 0 amide bonds. The Morgan fingerprint density at radius 2 is 1.89 bits per heavy atom. The summed E-state index contributed by atoms with van der Waals surface area (Å²) in [5.74, 6) is 0.214. The summed E-state index contributed by atoms with van der Waals surface area (Å²) >= 11 is 0. The molecule has 1 aromatic carbocycles. The van der Waals surface area contributed by atoms with Gasteiger partial charge in [0.05, 0.1) is 0 Å². The topological polar surface area (TPSA) is 71.2 Å². The molecule has 3 aromatic rings. The molecule has 1 aliphatic rings. The number of carboxylic acid groups (broad SMARTS) is 1. The minimum atomic E-state index is -0.755. The van der Waals surface area contributed by atoms with E-state index in [1.54, 1.807) is 0 Å². The maximum Gasteiger partial charge on any atom is 0.303 e. The van der Waals surface area contributed by atoms with E-state index in [4.69, 9.17) is 10.1 Å². The van der Waals surface area contributed by atoms with Gasteiger partial charge in [-0.15, -0.1) is 0 Å². The Labute approximate surface area is 164 Å². The van der Waals surface area contributed by atoms with E-state index in [-0.39, 0.29) is 6.42 Å². The number of aliphatic carboxylic acids is 1. The van der Waals surface area contributed by atoms with E-state index in [1.807, 2.05) is 18.3 Å². The lowest BCUT2D eigenvalue weighted by Gasteiger charge is -2.33. The van der Waals surface area contributed by atoms with E-state index in [9.17, 15) is 4.79 Å². The second-order valence-corrected chi connectivity index (χ2v) is 7.48. The van der Waals surface area contributed by atoms with Crippen LogP contribution in [0.25, 0.3) is 11.2 Å². The molecule has 3 heterocycles. The van der Waals surface area contributed by atoms with Crippen molar-refractivity contribution in [3.05, 3.63) is 60.0 Å². The van der Waals surface area contributed by atoms with Crippen LogP contribution in [0.4, 0.5) is 0 Å². The highest BCUT2D eigenvalue weighted by molar-refractivity contribution is 5.71. The first-order chi connectivity index (χ1) is 13.7. The SMILES string of the molecule is O=C(O)CCCc1nc2cccnc2n1C1CCN(Cc2ccccc2)CC1. The fourth-order valence-corrected chi connectivity index (χ4v) is 4.11. The molecule has 0 atom stereocenters. The van der Waals surface area contributed by atoms with Crippen molar-refractivity contribution in [1.29, 1.82) is 0 Å². The predicted octanol–water partition coefficient (Wildman–Crippen LogP) is 3.68. The van der Waals surface area contributed by atoms with Crippen LogP contribution in [0.1, 0.15) is 43.1 Å². The molecular weight excluding hydrogens is 352 g/mol. The summed E-state index contributed by atoms with van der Waals surface area (Å²) in [4.78, 5) is 22.7. The second-order valence-electron chi connectivity index (χ2n) is 7.48. The number of carbonyl (C=O) groups is 1. The molecule has 0 saturated carbocycles. The highest BCUT2D eigenvalue weighted by Gasteiger charge is 2.25. The van der Waals surface area contributed by atoms with Crippen molar-refractivity contribution in [2.24, 2.45) is 0 Å². The third-order valence-corrected chi connectivity index (χ3v) is 5.48. The maximum absolute atomic E-state index is 10.9. The smallest absolute Gasteiger partial charge is 0.303 e. The third kappa shape index (κ3) is 4.22. The first-order valence-corrected chi connectivity index (χ1v) is 10.0. The normalized spacial score (nSPS) is 15.9. The van der Waals surface area contributed by atoms with Crippen molar-refractivity contribution in [3.8, 4) is 0 Å². The van der Waals surface area contributed by atoms with Gasteiger partial charge in [0, 0.05) is 44.7 Å². The minimum Gasteiger partial charge on any atom is -0.481 e. The number of aryl methyl sites for hydroxylation is 1. The number of rotatable bonds is 7. The van der Waals surface area contributed by atoms with Gasteiger partial charge in [-0.05, 0) is 37.0 Å². The number of likely N-dealkylation sites (tertiary alicyclic amines) is 1. The number of nitrogens with zero attached hydrogens (tertiary/aromatic N) is 4. The maximum atomic E-state index is 10.9. The summed E-state index contributed by atoms with van der Waals surface area (Å²) in [6, 6.07) is 14.9. The fourth-order valence-electron chi connectivity index (χ4n) is 4.11. The molecule has 0 radical (unpaired) electrons. The van der Waals surface area contributed by atoms with Crippen LogP contribution in [0.2, 0.25) is 0 Å². The molecule has 28 heavy (non-hydrogen) atoms. The van der Waals surface area contributed by atoms with Gasteiger partial charge in [0.2, 0.25) is 0 Å². The zero-order chi connectivity index (χ0) is 19.3. The van der Waals surface area contributed by atoms with Gasteiger partial charge in [-0.3, -0.25) is 9.69 Å². The van der Waals surface area contributed by atoms with Gasteiger partial charge in [0.15, 0.2) is 5.65 Å². The summed E-state index contributed by atoms with van der Waals surface area (Å²) in [7, 11) is 0. The van der Waals surface area contributed by atoms with Crippen molar-refractivity contribution < 1.29 is 9.90 Å². The number of carboxylic acids is 1. The van der Waals surface area contributed by atoms with Crippen molar-refractivity contribution >= 4 is 17.1 Å². The van der Waals surface area contributed by atoms with Crippen molar-refractivity contribution in [3.63, 3.8) is 0 Å². The van der Waals surface area contributed by atoms with Gasteiger partial charge < -0.3 is 9.67 Å². The van der Waals surface area contributed by atoms with E-state index in [2.05, 4.69) is 44.8 Å². The van der Waals surface area contributed by atoms with Gasteiger partial charge in [-0.25, -0.2) is 9.97 Å². The van der Waals surface area contributed by atoms with Crippen LogP contribution in [0.5, 0.6) is 0 Å². The predicted molar refractivity (Wildman–Crippen MR) is 108 cm³/mol. The summed E-state index contributed by atoms with van der Waals surface area (Å²) < 4.78 is 2.27. The van der Waals surface area contributed by atoms with Crippen LogP contribution < -0.4 is 0 Å². The lowest BCUT2D eigenvalue weighted by Crippen LogP contribution is -2.34. The molecule has 2 aromatic heterocycles. The number of pyridine rings is 1. The first-order valence-electron chi connectivity index (χ1n) is 10.0. The number of hydrogen-bond acceptors (Lipinski definition) is 4. The Balaban J connectivity index is 1.48. The van der Waals surface area contributed by atoms with E-state index >= 15 is 0 Å². The Morgan fingerprint density at radius 1 is 1.11 bits per heavy atom. The van der Waals surface area contributed by atoms with Crippen LogP contribution in [0, 0.1) is 0 Å². The fraction of sp³-hybridized carbons (Fsp3) is 0.409. The number of imidazole rings is 1. The zero-order valence-electron chi connectivity index (χ0n) is 16.0. The number of piperidine rings is 1. The van der Waals surface area contributed by atoms with E-state index in [0.717, 1.165) is 49.5 Å². The van der Waals surface area contributed by atoms with Gasteiger partial charge in [0.1, 0.15) is 11.3 Å². The third-order valence-electron chi connectivity index (χ3n) is 5.48. The molecule has 1 N–H and O–H groups in total. The van der Waals surface area contributed by atoms with Gasteiger partial charge >= 0.3 is 5.97 Å². The molecule has 0 spiro atoms. The van der Waals surface area contributed by atoms with Crippen LogP contribution in [0.3, 0.4) is 0 Å². The average Bonchev–Trinajstić information content (AvgIpc) is 3.07. The molecule has 0 bridgehead atoms. The summed E-state index contributed by atoms with van der Waals surface area (Å²) in [5.41, 5.74) is 3.18. The quantitative estimate of drug-likeness (QED) is 0.679. The molecule has 1 saturated heterocycles. The number of aromatic nitrogens is 3. The molecule has 0 unspecified atom stereocenters. The molecule has 6 heteroatoms. The van der Waals surface area contributed by atoms with E-state index in [1.165, 1.54) is 5.56 Å². The molecule has 6 nitrogen and oxygen atoms in total. The highest BCUT2D eigenvalue weighted by atomic mass is 16.4. The Bertz CT molecular complexity index is 930. The van der Waals surface area contributed by atoms with E-state index < -0.39 is 5.97 Å². The monoisotopic (exact) mass is 378 g/mol.